The summed E-state index contributed by atoms with van der Waals surface area (Å²) < 4.78 is 0.858. The largest absolute Gasteiger partial charge is 0.323 e. The van der Waals surface area contributed by atoms with Gasteiger partial charge in [0.2, 0.25) is 0 Å². The molecule has 0 aliphatic heterocycles. The van der Waals surface area contributed by atoms with E-state index < -0.39 is 0 Å². The van der Waals surface area contributed by atoms with Gasteiger partial charge >= 0.3 is 0 Å². The van der Waals surface area contributed by atoms with Gasteiger partial charge in [-0.1, -0.05) is 25.8 Å². The van der Waals surface area contributed by atoms with Gasteiger partial charge in [0, 0.05) is 6.04 Å². The van der Waals surface area contributed by atoms with Crippen molar-refractivity contribution in [2.45, 2.75) is 32.2 Å². The minimum Gasteiger partial charge on any atom is -0.323 e. The van der Waals surface area contributed by atoms with Gasteiger partial charge in [0.25, 0.3) is 0 Å². The highest BCUT2D eigenvalue weighted by Crippen LogP contribution is 2.16. The lowest BCUT2D eigenvalue weighted by molar-refractivity contribution is 0.589. The number of halogens is 2. The number of nitrogens with zero attached hydrogens (tertiary/aromatic N) is 1. The summed E-state index contributed by atoms with van der Waals surface area (Å²) in [5.41, 5.74) is 6.94. The maximum Gasteiger partial charge on any atom is 0.106 e. The van der Waals surface area contributed by atoms with E-state index in [0.717, 1.165) is 23.1 Å². The van der Waals surface area contributed by atoms with Gasteiger partial charge in [-0.15, -0.1) is 12.4 Å². The summed E-state index contributed by atoms with van der Waals surface area (Å²) >= 11 is 3.33. The van der Waals surface area contributed by atoms with Crippen molar-refractivity contribution in [3.05, 3.63) is 28.5 Å². The number of nitrogens with two attached hydrogens (primary N) is 1. The molecule has 0 aliphatic rings. The maximum absolute atomic E-state index is 5.97. The van der Waals surface area contributed by atoms with E-state index in [1.165, 1.54) is 6.42 Å². The Balaban J connectivity index is 0.00000169. The first-order valence-corrected chi connectivity index (χ1v) is 5.41. The molecule has 2 nitrogen and oxygen atoms in total. The minimum atomic E-state index is 0. The van der Waals surface area contributed by atoms with Crippen LogP contribution < -0.4 is 5.73 Å². The highest BCUT2D eigenvalue weighted by atomic mass is 79.9. The van der Waals surface area contributed by atoms with Crippen molar-refractivity contribution in [3.63, 3.8) is 0 Å². The van der Waals surface area contributed by atoms with Crippen molar-refractivity contribution in [1.29, 1.82) is 0 Å². The average molecular weight is 280 g/mol. The molecular formula is C10H16BrClN2. The van der Waals surface area contributed by atoms with Gasteiger partial charge in [-0.2, -0.15) is 0 Å². The van der Waals surface area contributed by atoms with Gasteiger partial charge in [-0.05, 0) is 34.5 Å². The quantitative estimate of drug-likeness (QED) is 0.857. The Morgan fingerprint density at radius 3 is 2.79 bits per heavy atom. The Morgan fingerprint density at radius 1 is 1.50 bits per heavy atom. The molecule has 1 atom stereocenters. The van der Waals surface area contributed by atoms with Crippen LogP contribution >= 0.6 is 28.3 Å². The first-order valence-electron chi connectivity index (χ1n) is 4.62. The highest BCUT2D eigenvalue weighted by Gasteiger charge is 2.06. The summed E-state index contributed by atoms with van der Waals surface area (Å²) in [4.78, 5) is 4.32. The van der Waals surface area contributed by atoms with E-state index in [1.54, 1.807) is 0 Å². The van der Waals surface area contributed by atoms with Crippen LogP contribution in [0.4, 0.5) is 0 Å². The third-order valence-electron chi connectivity index (χ3n) is 1.99. The van der Waals surface area contributed by atoms with Crippen molar-refractivity contribution >= 4 is 28.3 Å². The maximum atomic E-state index is 5.97. The summed E-state index contributed by atoms with van der Waals surface area (Å²) in [6.07, 6.45) is 3.36. The molecule has 0 saturated carbocycles. The second-order valence-corrected chi connectivity index (χ2v) is 3.95. The molecule has 0 aliphatic carbocycles. The van der Waals surface area contributed by atoms with Crippen molar-refractivity contribution in [2.75, 3.05) is 0 Å². The lowest BCUT2D eigenvalue weighted by Gasteiger charge is -2.09. The summed E-state index contributed by atoms with van der Waals surface area (Å²) in [5, 5.41) is 0. The molecule has 80 valence electrons. The zero-order chi connectivity index (χ0) is 9.68. The normalized spacial score (nSPS) is 11.9. The van der Waals surface area contributed by atoms with Crippen molar-refractivity contribution in [2.24, 2.45) is 5.73 Å². The fourth-order valence-electron chi connectivity index (χ4n) is 1.20. The van der Waals surface area contributed by atoms with Crippen LogP contribution in [0, 0.1) is 0 Å². The Morgan fingerprint density at radius 2 is 2.21 bits per heavy atom. The first-order chi connectivity index (χ1) is 6.24. The number of hydrogen-bond acceptors (Lipinski definition) is 2. The molecule has 0 unspecified atom stereocenters. The number of pyridine rings is 1. The third-order valence-corrected chi connectivity index (χ3v) is 2.43. The number of rotatable bonds is 4. The van der Waals surface area contributed by atoms with Crippen LogP contribution in [-0.2, 0) is 0 Å². The van der Waals surface area contributed by atoms with Crippen LogP contribution in [0.2, 0.25) is 0 Å². The Kier molecular flexibility index (Phi) is 7.15. The van der Waals surface area contributed by atoms with Crippen molar-refractivity contribution in [3.8, 4) is 0 Å². The third kappa shape index (κ3) is 4.40. The summed E-state index contributed by atoms with van der Waals surface area (Å²) in [6.45, 7) is 2.17. The zero-order valence-corrected chi connectivity index (χ0v) is 10.6. The molecule has 14 heavy (non-hydrogen) atoms. The van der Waals surface area contributed by atoms with E-state index in [4.69, 9.17) is 5.73 Å². The molecule has 4 heteroatoms. The molecule has 0 saturated heterocycles. The van der Waals surface area contributed by atoms with Gasteiger partial charge < -0.3 is 5.73 Å². The number of hydrogen-bond donors (Lipinski definition) is 1. The van der Waals surface area contributed by atoms with Crippen LogP contribution in [0.5, 0.6) is 0 Å². The topological polar surface area (TPSA) is 38.9 Å². The molecule has 1 aromatic rings. The van der Waals surface area contributed by atoms with Crippen LogP contribution in [0.1, 0.15) is 37.9 Å². The van der Waals surface area contributed by atoms with Gasteiger partial charge in [0.15, 0.2) is 0 Å². The molecule has 0 fully saturated rings. The molecule has 1 rings (SSSR count). The number of unbranched alkanes of at least 4 members (excludes halogenated alkanes) is 1. The van der Waals surface area contributed by atoms with Gasteiger partial charge in [-0.25, -0.2) is 4.98 Å². The van der Waals surface area contributed by atoms with Gasteiger partial charge in [0.1, 0.15) is 4.60 Å². The van der Waals surface area contributed by atoms with Crippen LogP contribution in [0.3, 0.4) is 0 Å². The fraction of sp³-hybridized carbons (Fsp3) is 0.500. The summed E-state index contributed by atoms with van der Waals surface area (Å²) in [5.74, 6) is 0. The Hall–Kier alpha value is -0.120. The van der Waals surface area contributed by atoms with E-state index in [9.17, 15) is 0 Å². The highest BCUT2D eigenvalue weighted by molar-refractivity contribution is 9.10. The van der Waals surface area contributed by atoms with Gasteiger partial charge in [0.05, 0.1) is 5.69 Å². The summed E-state index contributed by atoms with van der Waals surface area (Å²) in [7, 11) is 0. The number of aromatic nitrogens is 1. The minimum absolute atomic E-state index is 0. The monoisotopic (exact) mass is 278 g/mol. The molecule has 0 bridgehead atoms. The van der Waals surface area contributed by atoms with E-state index in [1.807, 2.05) is 18.2 Å². The Bertz CT molecular complexity index is 268. The first kappa shape index (κ1) is 13.9. The molecular weight excluding hydrogens is 263 g/mol. The molecule has 0 amide bonds. The molecule has 1 heterocycles. The van der Waals surface area contributed by atoms with Gasteiger partial charge in [-0.3, -0.25) is 0 Å². The Labute approximate surface area is 99.8 Å². The second-order valence-electron chi connectivity index (χ2n) is 3.13. The zero-order valence-electron chi connectivity index (χ0n) is 8.24. The lowest BCUT2D eigenvalue weighted by atomic mass is 10.1. The summed E-state index contributed by atoms with van der Waals surface area (Å²) in [6, 6.07) is 5.94. The molecule has 2 N–H and O–H groups in total. The van der Waals surface area contributed by atoms with Crippen molar-refractivity contribution < 1.29 is 0 Å². The predicted octanol–water partition coefficient (Wildman–Crippen LogP) is 3.46. The van der Waals surface area contributed by atoms with Crippen LogP contribution in [0.15, 0.2) is 22.8 Å². The fourth-order valence-corrected chi connectivity index (χ4v) is 1.56. The average Bonchev–Trinajstić information content (AvgIpc) is 2.14. The molecule has 0 spiro atoms. The van der Waals surface area contributed by atoms with Crippen molar-refractivity contribution in [1.82, 2.24) is 4.98 Å². The smallest absolute Gasteiger partial charge is 0.106 e. The molecule has 0 aromatic carbocycles. The van der Waals surface area contributed by atoms with Crippen LogP contribution in [-0.4, -0.2) is 4.98 Å². The molecule has 1 aromatic heterocycles. The van der Waals surface area contributed by atoms with E-state index in [0.29, 0.717) is 0 Å². The predicted molar refractivity (Wildman–Crippen MR) is 65.6 cm³/mol. The standard InChI is InChI=1S/C10H15BrN2.ClH/c1-2-3-5-8(12)9-6-4-7-10(11)13-9;/h4,6-8H,2-3,5,12H2,1H3;1H/t8-;/m0./s1. The molecule has 0 radical (unpaired) electrons. The van der Waals surface area contributed by atoms with Crippen LogP contribution in [0.25, 0.3) is 0 Å². The van der Waals surface area contributed by atoms with E-state index >= 15 is 0 Å². The van der Waals surface area contributed by atoms with E-state index in [2.05, 4.69) is 27.8 Å². The van der Waals surface area contributed by atoms with E-state index in [-0.39, 0.29) is 18.4 Å². The second kappa shape index (κ2) is 7.21. The SMILES string of the molecule is CCCC[C@H](N)c1cccc(Br)n1.Cl. The lowest BCUT2D eigenvalue weighted by Crippen LogP contribution is -2.11.